The molecule has 4 bridgehead atoms. The topological polar surface area (TPSA) is 83.8 Å². The molecule has 4 N–H and O–H groups in total. The first-order valence-electron chi connectivity index (χ1n) is 8.16. The van der Waals surface area contributed by atoms with Crippen LogP contribution in [0.3, 0.4) is 0 Å². The quantitative estimate of drug-likeness (QED) is 0.798. The summed E-state index contributed by atoms with van der Waals surface area (Å²) < 4.78 is 0. The van der Waals surface area contributed by atoms with Gasteiger partial charge in [-0.3, -0.25) is 9.89 Å². The Morgan fingerprint density at radius 3 is 2.38 bits per heavy atom. The van der Waals surface area contributed by atoms with Crippen molar-refractivity contribution in [1.29, 1.82) is 0 Å². The van der Waals surface area contributed by atoms with E-state index in [4.69, 9.17) is 5.73 Å². The van der Waals surface area contributed by atoms with Crippen molar-refractivity contribution in [3.63, 3.8) is 0 Å². The maximum absolute atomic E-state index is 12.3. The molecule has 1 atom stereocenters. The van der Waals surface area contributed by atoms with E-state index < -0.39 is 0 Å². The smallest absolute Gasteiger partial charge is 0.269 e. The standard InChI is InChI=1S/C16H24N4O/c1-9(18-15(21)13-5-14(17)20-19-13)16-6-10-2-11(7-16)4-12(3-10)8-16/h5,9-12H,2-4,6-8H2,1H3,(H,18,21)(H3,17,19,20). The molecule has 1 heterocycles. The average molecular weight is 288 g/mol. The van der Waals surface area contributed by atoms with Crippen LogP contribution in [-0.4, -0.2) is 22.1 Å². The molecule has 4 saturated carbocycles. The summed E-state index contributed by atoms with van der Waals surface area (Å²) in [6.07, 6.45) is 8.17. The highest BCUT2D eigenvalue weighted by atomic mass is 16.2. The number of nitrogen functional groups attached to an aromatic ring is 1. The highest BCUT2D eigenvalue weighted by Gasteiger charge is 2.53. The third-order valence-corrected chi connectivity index (χ3v) is 6.19. The van der Waals surface area contributed by atoms with Gasteiger partial charge >= 0.3 is 0 Å². The fourth-order valence-corrected chi connectivity index (χ4v) is 5.59. The van der Waals surface area contributed by atoms with Gasteiger partial charge in [-0.25, -0.2) is 0 Å². The van der Waals surface area contributed by atoms with Crippen LogP contribution in [0.2, 0.25) is 0 Å². The van der Waals surface area contributed by atoms with Gasteiger partial charge in [0.15, 0.2) is 0 Å². The van der Waals surface area contributed by atoms with Crippen LogP contribution in [0, 0.1) is 23.2 Å². The van der Waals surface area contributed by atoms with E-state index in [1.165, 1.54) is 38.5 Å². The Morgan fingerprint density at radius 2 is 1.90 bits per heavy atom. The zero-order valence-corrected chi connectivity index (χ0v) is 12.6. The fraction of sp³-hybridized carbons (Fsp3) is 0.750. The highest BCUT2D eigenvalue weighted by molar-refractivity contribution is 5.93. The third kappa shape index (κ3) is 2.14. The number of H-pyrrole nitrogens is 1. The lowest BCUT2D eigenvalue weighted by Gasteiger charge is -2.59. The van der Waals surface area contributed by atoms with Gasteiger partial charge in [0.2, 0.25) is 0 Å². The lowest BCUT2D eigenvalue weighted by molar-refractivity contribution is -0.0688. The minimum Gasteiger partial charge on any atom is -0.382 e. The molecule has 0 saturated heterocycles. The zero-order valence-electron chi connectivity index (χ0n) is 12.6. The van der Waals surface area contributed by atoms with E-state index in [1.807, 2.05) is 0 Å². The summed E-state index contributed by atoms with van der Waals surface area (Å²) in [4.78, 5) is 12.3. The molecule has 5 heteroatoms. The third-order valence-electron chi connectivity index (χ3n) is 6.19. The van der Waals surface area contributed by atoms with Gasteiger partial charge in [0, 0.05) is 12.1 Å². The monoisotopic (exact) mass is 288 g/mol. The molecule has 0 aromatic carbocycles. The zero-order chi connectivity index (χ0) is 14.6. The van der Waals surface area contributed by atoms with Gasteiger partial charge in [0.1, 0.15) is 11.5 Å². The molecule has 0 radical (unpaired) electrons. The van der Waals surface area contributed by atoms with Gasteiger partial charge in [0.25, 0.3) is 5.91 Å². The first kappa shape index (κ1) is 13.2. The molecule has 21 heavy (non-hydrogen) atoms. The van der Waals surface area contributed by atoms with Crippen LogP contribution in [0.4, 0.5) is 5.82 Å². The molecule has 4 fully saturated rings. The summed E-state index contributed by atoms with van der Waals surface area (Å²) in [6.45, 7) is 2.19. The molecule has 5 nitrogen and oxygen atoms in total. The SMILES string of the molecule is CC(NC(=O)c1cc(N)n[nH]1)C12CC3CC(CC(C3)C1)C2. The molecule has 114 valence electrons. The number of hydrogen-bond donors (Lipinski definition) is 3. The second-order valence-corrected chi connectivity index (χ2v) is 7.68. The Labute approximate surface area is 125 Å². The Morgan fingerprint density at radius 1 is 1.33 bits per heavy atom. The normalized spacial score (nSPS) is 38.4. The molecule has 0 aliphatic heterocycles. The molecule has 0 spiro atoms. The average Bonchev–Trinajstić information content (AvgIpc) is 2.84. The summed E-state index contributed by atoms with van der Waals surface area (Å²) in [7, 11) is 0. The summed E-state index contributed by atoms with van der Waals surface area (Å²) in [5.41, 5.74) is 6.36. The van der Waals surface area contributed by atoms with Crippen molar-refractivity contribution in [2.75, 3.05) is 5.73 Å². The van der Waals surface area contributed by atoms with Gasteiger partial charge in [-0.15, -0.1) is 0 Å². The first-order valence-corrected chi connectivity index (χ1v) is 8.16. The van der Waals surface area contributed by atoms with E-state index in [9.17, 15) is 4.79 Å². The van der Waals surface area contributed by atoms with E-state index in [0.29, 0.717) is 16.9 Å². The number of carbonyl (C=O) groups is 1. The van der Waals surface area contributed by atoms with E-state index in [2.05, 4.69) is 22.4 Å². The van der Waals surface area contributed by atoms with Gasteiger partial charge in [0.05, 0.1) is 0 Å². The van der Waals surface area contributed by atoms with Gasteiger partial charge in [-0.1, -0.05) is 0 Å². The number of amides is 1. The van der Waals surface area contributed by atoms with Crippen molar-refractivity contribution in [2.24, 2.45) is 23.2 Å². The summed E-state index contributed by atoms with van der Waals surface area (Å²) in [5.74, 6) is 2.99. The number of rotatable bonds is 3. The predicted octanol–water partition coefficient (Wildman–Crippen LogP) is 2.33. The number of nitrogens with one attached hydrogen (secondary N) is 2. The largest absolute Gasteiger partial charge is 0.382 e. The number of anilines is 1. The Balaban J connectivity index is 1.50. The predicted molar refractivity (Wildman–Crippen MR) is 80.5 cm³/mol. The van der Waals surface area contributed by atoms with Crippen LogP contribution in [0.1, 0.15) is 55.9 Å². The first-order chi connectivity index (χ1) is 10.0. The number of hydrogen-bond acceptors (Lipinski definition) is 3. The number of nitrogens with two attached hydrogens (primary N) is 1. The van der Waals surface area contributed by atoms with Crippen molar-refractivity contribution in [3.8, 4) is 0 Å². The molecule has 5 rings (SSSR count). The Bertz CT molecular complexity index is 529. The maximum Gasteiger partial charge on any atom is 0.269 e. The van der Waals surface area contributed by atoms with E-state index in [-0.39, 0.29) is 11.9 Å². The Kier molecular flexibility index (Phi) is 2.81. The second kappa shape index (κ2) is 4.49. The van der Waals surface area contributed by atoms with Gasteiger partial charge in [-0.05, 0) is 68.6 Å². The lowest BCUT2D eigenvalue weighted by Crippen LogP contribution is -2.55. The molecule has 4 aliphatic rings. The van der Waals surface area contributed by atoms with E-state index in [1.54, 1.807) is 6.07 Å². The van der Waals surface area contributed by atoms with Crippen molar-refractivity contribution in [1.82, 2.24) is 15.5 Å². The second-order valence-electron chi connectivity index (χ2n) is 7.68. The maximum atomic E-state index is 12.3. The van der Waals surface area contributed by atoms with Gasteiger partial charge in [-0.2, -0.15) is 5.10 Å². The van der Waals surface area contributed by atoms with Crippen LogP contribution in [-0.2, 0) is 0 Å². The van der Waals surface area contributed by atoms with Crippen molar-refractivity contribution >= 4 is 11.7 Å². The van der Waals surface area contributed by atoms with E-state index >= 15 is 0 Å². The van der Waals surface area contributed by atoms with E-state index in [0.717, 1.165) is 17.8 Å². The molecule has 1 aromatic heterocycles. The van der Waals surface area contributed by atoms with Crippen LogP contribution in [0.15, 0.2) is 6.07 Å². The number of nitrogens with zero attached hydrogens (tertiary/aromatic N) is 1. The lowest BCUT2D eigenvalue weighted by atomic mass is 9.48. The summed E-state index contributed by atoms with van der Waals surface area (Å²) >= 11 is 0. The molecule has 1 aromatic rings. The van der Waals surface area contributed by atoms with Crippen molar-refractivity contribution in [3.05, 3.63) is 11.8 Å². The summed E-state index contributed by atoms with van der Waals surface area (Å²) in [5, 5.41) is 9.73. The number of aromatic amines is 1. The fourth-order valence-electron chi connectivity index (χ4n) is 5.59. The highest BCUT2D eigenvalue weighted by Crippen LogP contribution is 2.61. The van der Waals surface area contributed by atoms with Gasteiger partial charge < -0.3 is 11.1 Å². The van der Waals surface area contributed by atoms with Crippen molar-refractivity contribution < 1.29 is 4.79 Å². The molecular formula is C16H24N4O. The van der Waals surface area contributed by atoms with Crippen LogP contribution in [0.25, 0.3) is 0 Å². The summed E-state index contributed by atoms with van der Waals surface area (Å²) in [6, 6.07) is 1.82. The number of carbonyl (C=O) groups excluding carboxylic acids is 1. The van der Waals surface area contributed by atoms with Crippen LogP contribution < -0.4 is 11.1 Å². The number of aromatic nitrogens is 2. The molecule has 1 amide bonds. The molecule has 4 aliphatic carbocycles. The van der Waals surface area contributed by atoms with Crippen molar-refractivity contribution in [2.45, 2.75) is 51.5 Å². The van der Waals surface area contributed by atoms with Crippen LogP contribution >= 0.6 is 0 Å². The molecule has 1 unspecified atom stereocenters. The minimum absolute atomic E-state index is 0.0811. The molecular weight excluding hydrogens is 264 g/mol. The Hall–Kier alpha value is -1.52. The van der Waals surface area contributed by atoms with Crippen LogP contribution in [0.5, 0.6) is 0 Å². The minimum atomic E-state index is -0.0811.